The Morgan fingerprint density at radius 3 is 2.55 bits per heavy atom. The number of benzene rings is 1. The van der Waals surface area contributed by atoms with Crippen molar-refractivity contribution in [3.8, 4) is 11.5 Å². The first-order valence-corrected chi connectivity index (χ1v) is 10.5. The highest BCUT2D eigenvalue weighted by molar-refractivity contribution is 6.03. The summed E-state index contributed by atoms with van der Waals surface area (Å²) in [5.41, 5.74) is 1.62. The van der Waals surface area contributed by atoms with Crippen LogP contribution in [0.1, 0.15) is 16.3 Å². The van der Waals surface area contributed by atoms with Crippen LogP contribution in [-0.2, 0) is 4.74 Å². The van der Waals surface area contributed by atoms with Crippen LogP contribution in [-0.4, -0.2) is 47.3 Å². The molecule has 10 nitrogen and oxygen atoms in total. The molecule has 1 amide bonds. The molecule has 4 heterocycles. The summed E-state index contributed by atoms with van der Waals surface area (Å²) in [7, 11) is 0. The summed E-state index contributed by atoms with van der Waals surface area (Å²) in [6.07, 6.45) is 1.53. The van der Waals surface area contributed by atoms with E-state index in [2.05, 4.69) is 30.7 Å². The van der Waals surface area contributed by atoms with Gasteiger partial charge in [0.15, 0.2) is 11.5 Å². The number of rotatable bonds is 6. The zero-order valence-electron chi connectivity index (χ0n) is 17.9. The maximum atomic E-state index is 12.5. The first-order valence-electron chi connectivity index (χ1n) is 10.5. The average molecular weight is 446 g/mol. The molecule has 1 aliphatic rings. The normalized spacial score (nSPS) is 13.7. The molecular formula is C23H22N6O4. The topological polar surface area (TPSA) is 119 Å². The van der Waals surface area contributed by atoms with Crippen molar-refractivity contribution >= 4 is 28.9 Å². The number of hydrogen-bond donors (Lipinski definition) is 2. The van der Waals surface area contributed by atoms with Crippen LogP contribution >= 0.6 is 0 Å². The molecule has 0 atom stereocenters. The van der Waals surface area contributed by atoms with Crippen LogP contribution < -0.4 is 15.5 Å². The van der Waals surface area contributed by atoms with Crippen LogP contribution in [0.2, 0.25) is 0 Å². The maximum Gasteiger partial charge on any atom is 0.277 e. The van der Waals surface area contributed by atoms with Gasteiger partial charge in [0.05, 0.1) is 19.5 Å². The van der Waals surface area contributed by atoms with Gasteiger partial charge in [-0.25, -0.2) is 9.97 Å². The molecule has 0 bridgehead atoms. The molecule has 33 heavy (non-hydrogen) atoms. The zero-order valence-corrected chi connectivity index (χ0v) is 17.9. The molecule has 0 saturated carbocycles. The number of anilines is 4. The number of ether oxygens (including phenoxy) is 1. The Morgan fingerprint density at radius 1 is 1.00 bits per heavy atom. The van der Waals surface area contributed by atoms with Gasteiger partial charge in [-0.15, -0.1) is 0 Å². The number of morpholine rings is 1. The van der Waals surface area contributed by atoms with E-state index in [9.17, 15) is 4.79 Å². The second kappa shape index (κ2) is 9.13. The van der Waals surface area contributed by atoms with Crippen molar-refractivity contribution in [2.45, 2.75) is 6.92 Å². The van der Waals surface area contributed by atoms with Gasteiger partial charge in [-0.2, -0.15) is 0 Å². The van der Waals surface area contributed by atoms with Gasteiger partial charge >= 0.3 is 0 Å². The van der Waals surface area contributed by atoms with Crippen molar-refractivity contribution < 1.29 is 18.5 Å². The van der Waals surface area contributed by atoms with Crippen molar-refractivity contribution in [3.63, 3.8) is 0 Å². The lowest BCUT2D eigenvalue weighted by Crippen LogP contribution is -2.36. The van der Waals surface area contributed by atoms with Gasteiger partial charge in [0.25, 0.3) is 5.91 Å². The van der Waals surface area contributed by atoms with Gasteiger partial charge in [-0.3, -0.25) is 4.79 Å². The van der Waals surface area contributed by atoms with Crippen LogP contribution in [0.5, 0.6) is 0 Å². The fraction of sp³-hybridized carbons (Fsp3) is 0.217. The summed E-state index contributed by atoms with van der Waals surface area (Å²) in [6, 6.07) is 14.2. The molecule has 2 N–H and O–H groups in total. The van der Waals surface area contributed by atoms with E-state index in [1.165, 1.54) is 12.3 Å². The standard InChI is InChI=1S/C23H22N6O4/c1-15-24-21(14-22(25-15)29-8-11-31-12-9-29)26-16-4-6-17(7-5-16)27-23(30)18-13-20(33-28-18)19-3-2-10-32-19/h2-7,10,13-14H,8-9,11-12H2,1H3,(H,27,30)(H,24,25,26). The van der Waals surface area contributed by atoms with Crippen molar-refractivity contribution in [3.05, 3.63) is 66.3 Å². The number of furan rings is 1. The number of hydrogen-bond acceptors (Lipinski definition) is 9. The summed E-state index contributed by atoms with van der Waals surface area (Å²) < 4.78 is 15.9. The minimum Gasteiger partial charge on any atom is -0.461 e. The molecule has 1 aromatic carbocycles. The minimum absolute atomic E-state index is 0.163. The molecule has 0 radical (unpaired) electrons. The van der Waals surface area contributed by atoms with Crippen LogP contribution in [0.15, 0.2) is 63.7 Å². The Hall–Kier alpha value is -4.18. The Bertz CT molecular complexity index is 1230. The van der Waals surface area contributed by atoms with Crippen LogP contribution in [0.4, 0.5) is 23.0 Å². The molecule has 0 spiro atoms. The minimum atomic E-state index is -0.376. The molecular weight excluding hydrogens is 424 g/mol. The second-order valence-corrected chi connectivity index (χ2v) is 7.47. The van der Waals surface area contributed by atoms with Gasteiger partial charge in [-0.1, -0.05) is 5.16 Å². The van der Waals surface area contributed by atoms with Crippen molar-refractivity contribution in [1.29, 1.82) is 0 Å². The predicted octanol–water partition coefficient (Wildman–Crippen LogP) is 3.87. The smallest absolute Gasteiger partial charge is 0.277 e. The van der Waals surface area contributed by atoms with E-state index >= 15 is 0 Å². The number of nitrogens with one attached hydrogen (secondary N) is 2. The van der Waals surface area contributed by atoms with E-state index in [0.717, 1.165) is 24.6 Å². The number of carbonyl (C=O) groups is 1. The monoisotopic (exact) mass is 446 g/mol. The van der Waals surface area contributed by atoms with Gasteiger partial charge in [-0.05, 0) is 43.3 Å². The van der Waals surface area contributed by atoms with Gasteiger partial charge in [0.1, 0.15) is 17.5 Å². The van der Waals surface area contributed by atoms with Crippen LogP contribution in [0, 0.1) is 6.92 Å². The number of aryl methyl sites for hydroxylation is 1. The van der Waals surface area contributed by atoms with E-state index in [-0.39, 0.29) is 11.6 Å². The Morgan fingerprint density at radius 2 is 1.79 bits per heavy atom. The fourth-order valence-corrected chi connectivity index (χ4v) is 3.47. The van der Waals surface area contributed by atoms with Crippen molar-refractivity contribution in [2.24, 2.45) is 0 Å². The molecule has 0 aliphatic carbocycles. The highest BCUT2D eigenvalue weighted by Gasteiger charge is 2.16. The highest BCUT2D eigenvalue weighted by Crippen LogP contribution is 2.23. The van der Waals surface area contributed by atoms with E-state index in [1.807, 2.05) is 25.1 Å². The third-order valence-electron chi connectivity index (χ3n) is 5.08. The SMILES string of the molecule is Cc1nc(Nc2ccc(NC(=O)c3cc(-c4ccco4)on3)cc2)cc(N2CCOCC2)n1. The molecule has 5 rings (SSSR count). The second-order valence-electron chi connectivity index (χ2n) is 7.47. The number of nitrogens with zero attached hydrogens (tertiary/aromatic N) is 4. The van der Waals surface area contributed by atoms with Crippen LogP contribution in [0.3, 0.4) is 0 Å². The summed E-state index contributed by atoms with van der Waals surface area (Å²) in [6.45, 7) is 4.86. The maximum absolute atomic E-state index is 12.5. The Balaban J connectivity index is 1.24. The molecule has 10 heteroatoms. The first kappa shape index (κ1) is 20.7. The lowest BCUT2D eigenvalue weighted by Gasteiger charge is -2.28. The molecule has 1 aliphatic heterocycles. The third kappa shape index (κ3) is 4.85. The summed E-state index contributed by atoms with van der Waals surface area (Å²) >= 11 is 0. The summed E-state index contributed by atoms with van der Waals surface area (Å²) in [5.74, 6) is 2.79. The van der Waals surface area contributed by atoms with E-state index in [0.29, 0.717) is 42.1 Å². The molecule has 168 valence electrons. The van der Waals surface area contributed by atoms with Gasteiger partial charge in [0.2, 0.25) is 5.76 Å². The van der Waals surface area contributed by atoms with E-state index in [1.54, 1.807) is 24.3 Å². The average Bonchev–Trinajstić information content (AvgIpc) is 3.53. The largest absolute Gasteiger partial charge is 0.461 e. The van der Waals surface area contributed by atoms with E-state index < -0.39 is 0 Å². The Kier molecular flexibility index (Phi) is 5.73. The van der Waals surface area contributed by atoms with E-state index in [4.69, 9.17) is 13.7 Å². The quantitative estimate of drug-likeness (QED) is 0.455. The fourth-order valence-electron chi connectivity index (χ4n) is 3.47. The van der Waals surface area contributed by atoms with Gasteiger partial charge < -0.3 is 29.2 Å². The summed E-state index contributed by atoms with van der Waals surface area (Å²) in [4.78, 5) is 23.7. The Labute approximate surface area is 189 Å². The molecule has 3 aromatic heterocycles. The van der Waals surface area contributed by atoms with Crippen molar-refractivity contribution in [1.82, 2.24) is 15.1 Å². The number of carbonyl (C=O) groups excluding carboxylic acids is 1. The van der Waals surface area contributed by atoms with Gasteiger partial charge in [0, 0.05) is 36.6 Å². The number of aromatic nitrogens is 3. The molecule has 0 unspecified atom stereocenters. The third-order valence-corrected chi connectivity index (χ3v) is 5.08. The first-order chi connectivity index (χ1) is 16.1. The molecule has 1 fully saturated rings. The zero-order chi connectivity index (χ0) is 22.6. The predicted molar refractivity (Wildman–Crippen MR) is 122 cm³/mol. The lowest BCUT2D eigenvalue weighted by atomic mass is 10.2. The number of amides is 1. The summed E-state index contributed by atoms with van der Waals surface area (Å²) in [5, 5.41) is 9.91. The highest BCUT2D eigenvalue weighted by atomic mass is 16.5. The molecule has 1 saturated heterocycles. The lowest BCUT2D eigenvalue weighted by molar-refractivity contribution is 0.101. The van der Waals surface area contributed by atoms with Crippen molar-refractivity contribution in [2.75, 3.05) is 41.8 Å². The molecule has 4 aromatic rings. The van der Waals surface area contributed by atoms with Crippen LogP contribution in [0.25, 0.3) is 11.5 Å².